The van der Waals surface area contributed by atoms with Crippen LogP contribution in [0.15, 0.2) is 17.0 Å². The monoisotopic (exact) mass is 337 g/mol. The first-order chi connectivity index (χ1) is 9.16. The standard InChI is InChI=1S/C13H17Cl2NO3S/c1-4-5-8(2)16-13(17)11-6-10(20(15,18)19)7-12(14)9(11)3/h6-8H,4-5H2,1-3H3,(H,16,17). The van der Waals surface area contributed by atoms with E-state index >= 15 is 0 Å². The van der Waals surface area contributed by atoms with Gasteiger partial charge in [0.2, 0.25) is 0 Å². The molecule has 1 aromatic carbocycles. The molecule has 0 aliphatic rings. The highest BCUT2D eigenvalue weighted by Gasteiger charge is 2.19. The highest BCUT2D eigenvalue weighted by molar-refractivity contribution is 8.13. The summed E-state index contributed by atoms with van der Waals surface area (Å²) in [5.74, 6) is -0.354. The molecule has 1 atom stereocenters. The molecule has 1 rings (SSSR count). The maximum atomic E-state index is 12.2. The quantitative estimate of drug-likeness (QED) is 0.836. The van der Waals surface area contributed by atoms with Gasteiger partial charge in [-0.2, -0.15) is 0 Å². The summed E-state index contributed by atoms with van der Waals surface area (Å²) in [4.78, 5) is 12.0. The van der Waals surface area contributed by atoms with Gasteiger partial charge in [-0.25, -0.2) is 8.42 Å². The van der Waals surface area contributed by atoms with Crippen LogP contribution < -0.4 is 5.32 Å². The molecule has 112 valence electrons. The van der Waals surface area contributed by atoms with Crippen molar-refractivity contribution in [2.24, 2.45) is 0 Å². The van der Waals surface area contributed by atoms with E-state index in [0.717, 1.165) is 12.8 Å². The summed E-state index contributed by atoms with van der Waals surface area (Å²) in [5.41, 5.74) is 0.747. The van der Waals surface area contributed by atoms with E-state index in [2.05, 4.69) is 5.32 Å². The molecule has 0 heterocycles. The number of carbonyl (C=O) groups is 1. The number of halogens is 2. The molecular formula is C13H17Cl2NO3S. The predicted molar refractivity (Wildman–Crippen MR) is 81.1 cm³/mol. The van der Waals surface area contributed by atoms with Crippen LogP contribution in [0.4, 0.5) is 0 Å². The molecule has 1 amide bonds. The molecule has 0 aliphatic carbocycles. The zero-order valence-electron chi connectivity index (χ0n) is 11.5. The van der Waals surface area contributed by atoms with Crippen LogP contribution in [-0.2, 0) is 9.05 Å². The van der Waals surface area contributed by atoms with Crippen LogP contribution in [0.2, 0.25) is 5.02 Å². The molecule has 4 nitrogen and oxygen atoms in total. The number of nitrogens with one attached hydrogen (secondary N) is 1. The molecule has 20 heavy (non-hydrogen) atoms. The number of benzene rings is 1. The van der Waals surface area contributed by atoms with Crippen LogP contribution in [0.25, 0.3) is 0 Å². The lowest BCUT2D eigenvalue weighted by Crippen LogP contribution is -2.33. The van der Waals surface area contributed by atoms with Gasteiger partial charge >= 0.3 is 0 Å². The number of amides is 1. The first kappa shape index (κ1) is 17.3. The molecule has 0 radical (unpaired) electrons. The lowest BCUT2D eigenvalue weighted by molar-refractivity contribution is 0.0937. The zero-order chi connectivity index (χ0) is 15.5. The normalized spacial score (nSPS) is 13.1. The fourth-order valence-electron chi connectivity index (χ4n) is 1.84. The molecule has 0 aromatic heterocycles. The zero-order valence-corrected chi connectivity index (χ0v) is 13.9. The Balaban J connectivity index is 3.17. The van der Waals surface area contributed by atoms with Crippen molar-refractivity contribution in [3.05, 3.63) is 28.3 Å². The largest absolute Gasteiger partial charge is 0.350 e. The second-order valence-electron chi connectivity index (χ2n) is 4.68. The van der Waals surface area contributed by atoms with Gasteiger partial charge in [0.1, 0.15) is 0 Å². The third-order valence-corrected chi connectivity index (χ3v) is 4.67. The molecule has 1 unspecified atom stereocenters. The highest BCUT2D eigenvalue weighted by atomic mass is 35.7. The number of carbonyl (C=O) groups excluding carboxylic acids is 1. The Bertz CT molecular complexity index is 614. The third kappa shape index (κ3) is 4.36. The summed E-state index contributed by atoms with van der Waals surface area (Å²) >= 11 is 5.96. The lowest BCUT2D eigenvalue weighted by atomic mass is 10.1. The van der Waals surface area contributed by atoms with Crippen molar-refractivity contribution in [3.8, 4) is 0 Å². The van der Waals surface area contributed by atoms with E-state index in [4.69, 9.17) is 22.3 Å². The van der Waals surface area contributed by atoms with E-state index in [0.29, 0.717) is 5.56 Å². The van der Waals surface area contributed by atoms with E-state index < -0.39 is 9.05 Å². The number of rotatable bonds is 5. The van der Waals surface area contributed by atoms with Crippen molar-refractivity contribution < 1.29 is 13.2 Å². The third-order valence-electron chi connectivity index (χ3n) is 2.94. The van der Waals surface area contributed by atoms with Crippen molar-refractivity contribution in [1.82, 2.24) is 5.32 Å². The molecule has 0 saturated carbocycles. The van der Waals surface area contributed by atoms with E-state index in [1.807, 2.05) is 13.8 Å². The van der Waals surface area contributed by atoms with E-state index in [-0.39, 0.29) is 27.4 Å². The Hall–Kier alpha value is -0.780. The Kier molecular flexibility index (Phi) is 5.86. The van der Waals surface area contributed by atoms with Crippen molar-refractivity contribution in [2.45, 2.75) is 44.6 Å². The fraction of sp³-hybridized carbons (Fsp3) is 0.462. The van der Waals surface area contributed by atoms with Gasteiger partial charge in [0.25, 0.3) is 15.0 Å². The Morgan fingerprint density at radius 3 is 2.50 bits per heavy atom. The second-order valence-corrected chi connectivity index (χ2v) is 7.65. The summed E-state index contributed by atoms with van der Waals surface area (Å²) in [6.45, 7) is 5.57. The molecule has 0 bridgehead atoms. The number of hydrogen-bond acceptors (Lipinski definition) is 3. The second kappa shape index (κ2) is 6.78. The van der Waals surface area contributed by atoms with E-state index in [1.54, 1.807) is 6.92 Å². The van der Waals surface area contributed by atoms with Gasteiger partial charge in [-0.1, -0.05) is 24.9 Å². The van der Waals surface area contributed by atoms with Gasteiger partial charge in [0, 0.05) is 27.3 Å². The molecule has 0 saturated heterocycles. The Morgan fingerprint density at radius 1 is 1.40 bits per heavy atom. The van der Waals surface area contributed by atoms with Crippen molar-refractivity contribution >= 4 is 37.2 Å². The summed E-state index contributed by atoms with van der Waals surface area (Å²) in [6.07, 6.45) is 1.78. The van der Waals surface area contributed by atoms with E-state index in [9.17, 15) is 13.2 Å². The first-order valence-corrected chi connectivity index (χ1v) is 8.91. The molecule has 0 spiro atoms. The minimum atomic E-state index is -3.93. The van der Waals surface area contributed by atoms with Crippen LogP contribution in [0, 0.1) is 6.92 Å². The lowest BCUT2D eigenvalue weighted by Gasteiger charge is -2.15. The highest BCUT2D eigenvalue weighted by Crippen LogP contribution is 2.26. The van der Waals surface area contributed by atoms with Crippen LogP contribution >= 0.6 is 22.3 Å². The van der Waals surface area contributed by atoms with Crippen LogP contribution in [0.1, 0.15) is 42.6 Å². The smallest absolute Gasteiger partial charge is 0.261 e. The summed E-state index contributed by atoms with van der Waals surface area (Å²) < 4.78 is 22.7. The maximum Gasteiger partial charge on any atom is 0.261 e. The van der Waals surface area contributed by atoms with Crippen molar-refractivity contribution in [3.63, 3.8) is 0 Å². The Labute approximate surface area is 128 Å². The van der Waals surface area contributed by atoms with Crippen molar-refractivity contribution in [1.29, 1.82) is 0 Å². The van der Waals surface area contributed by atoms with Gasteiger partial charge in [-0.3, -0.25) is 4.79 Å². The summed E-state index contributed by atoms with van der Waals surface area (Å²) in [7, 11) is 1.37. The molecule has 0 fully saturated rings. The number of hydrogen-bond donors (Lipinski definition) is 1. The minimum Gasteiger partial charge on any atom is -0.350 e. The fourth-order valence-corrected chi connectivity index (χ4v) is 2.91. The summed E-state index contributed by atoms with van der Waals surface area (Å²) in [6, 6.07) is 2.49. The predicted octanol–water partition coefficient (Wildman–Crippen LogP) is 3.49. The van der Waals surface area contributed by atoms with Crippen LogP contribution in [0.5, 0.6) is 0 Å². The first-order valence-electron chi connectivity index (χ1n) is 6.22. The maximum absolute atomic E-state index is 12.2. The molecule has 0 aliphatic heterocycles. The minimum absolute atomic E-state index is 0.00180. The molecular weight excluding hydrogens is 321 g/mol. The molecule has 1 aromatic rings. The summed E-state index contributed by atoms with van der Waals surface area (Å²) in [5, 5.41) is 3.00. The average Bonchev–Trinajstić information content (AvgIpc) is 2.31. The van der Waals surface area contributed by atoms with Gasteiger partial charge in [-0.05, 0) is 38.0 Å². The van der Waals surface area contributed by atoms with Gasteiger partial charge in [0.05, 0.1) is 4.90 Å². The van der Waals surface area contributed by atoms with Crippen molar-refractivity contribution in [2.75, 3.05) is 0 Å². The topological polar surface area (TPSA) is 63.2 Å². The van der Waals surface area contributed by atoms with E-state index in [1.165, 1.54) is 12.1 Å². The Morgan fingerprint density at radius 2 is 2.00 bits per heavy atom. The van der Waals surface area contributed by atoms with Gasteiger partial charge in [-0.15, -0.1) is 0 Å². The van der Waals surface area contributed by atoms with Gasteiger partial charge in [0.15, 0.2) is 0 Å². The molecule has 1 N–H and O–H groups in total. The average molecular weight is 338 g/mol. The van der Waals surface area contributed by atoms with Gasteiger partial charge < -0.3 is 5.32 Å². The van der Waals surface area contributed by atoms with Crippen LogP contribution in [-0.4, -0.2) is 20.4 Å². The molecule has 7 heteroatoms. The van der Waals surface area contributed by atoms with Crippen LogP contribution in [0.3, 0.4) is 0 Å². The SMILES string of the molecule is CCCC(C)NC(=O)c1cc(S(=O)(=O)Cl)cc(Cl)c1C.